The maximum Gasteiger partial charge on any atom is 0.323 e. The van der Waals surface area contributed by atoms with Gasteiger partial charge >= 0.3 is 5.97 Å². The van der Waals surface area contributed by atoms with E-state index in [-0.39, 0.29) is 52.0 Å². The van der Waals surface area contributed by atoms with Gasteiger partial charge in [0.1, 0.15) is 18.2 Å². The third-order valence-electron chi connectivity index (χ3n) is 15.7. The van der Waals surface area contributed by atoms with Gasteiger partial charge in [0, 0.05) is 17.4 Å². The van der Waals surface area contributed by atoms with Gasteiger partial charge in [-0.25, -0.2) is 0 Å². The Balaban J connectivity index is 1.15. The summed E-state index contributed by atoms with van der Waals surface area (Å²) >= 11 is 0. The molecule has 0 aromatic heterocycles. The highest BCUT2D eigenvalue weighted by Gasteiger charge is 2.84. The number of aliphatic hydroxyl groups excluding tert-OH is 1. The van der Waals surface area contributed by atoms with Crippen molar-refractivity contribution in [2.45, 2.75) is 162 Å². The fraction of sp³-hybridized carbons (Fsp3) is 0.973. The van der Waals surface area contributed by atoms with Gasteiger partial charge in [0.15, 0.2) is 0 Å². The minimum atomic E-state index is -1.02. The lowest BCUT2D eigenvalue weighted by Gasteiger charge is -2.63. The number of hydrogen-bond acceptors (Lipinski definition) is 7. The Morgan fingerprint density at radius 1 is 1.05 bits per heavy atom. The maximum absolute atomic E-state index is 13.1. The van der Waals surface area contributed by atoms with Crippen molar-refractivity contribution in [2.24, 2.45) is 50.7 Å². The SMILES string of the molecule is CCO[C@@H]([C@H]1C[C@@H](C)[C@H]2[C@H](O1)[C@H](O)[C@@]1(C)[C@@H]3CC[C@H]4C(C)(C)[C@@H](OC(=O)[C@@H]5CCCN5)CCC45C[C@@]35CC[C@]21C)C(C)(C)O. The number of esters is 1. The Bertz CT molecular complexity index is 1150. The molecule has 250 valence electrons. The largest absolute Gasteiger partial charge is 0.461 e. The van der Waals surface area contributed by atoms with E-state index in [1.54, 1.807) is 0 Å². The summed E-state index contributed by atoms with van der Waals surface area (Å²) in [7, 11) is 0. The molecule has 7 heteroatoms. The summed E-state index contributed by atoms with van der Waals surface area (Å²) in [6.45, 7) is 19.1. The Morgan fingerprint density at radius 2 is 1.75 bits per heavy atom. The van der Waals surface area contributed by atoms with Crippen LogP contribution in [-0.2, 0) is 19.0 Å². The summed E-state index contributed by atoms with van der Waals surface area (Å²) < 4.78 is 19.3. The van der Waals surface area contributed by atoms with Crippen molar-refractivity contribution < 1.29 is 29.2 Å². The topological polar surface area (TPSA) is 97.3 Å². The first-order valence-corrected chi connectivity index (χ1v) is 18.2. The Labute approximate surface area is 265 Å². The molecule has 14 atom stereocenters. The molecular formula is C37H61NO6. The lowest BCUT2D eigenvalue weighted by atomic mass is 9.41. The van der Waals surface area contributed by atoms with E-state index < -0.39 is 17.8 Å². The molecule has 7 nitrogen and oxygen atoms in total. The monoisotopic (exact) mass is 615 g/mol. The van der Waals surface area contributed by atoms with Crippen molar-refractivity contribution in [3.8, 4) is 0 Å². The van der Waals surface area contributed by atoms with Crippen LogP contribution in [0.5, 0.6) is 0 Å². The molecule has 5 saturated carbocycles. The minimum Gasteiger partial charge on any atom is -0.461 e. The van der Waals surface area contributed by atoms with Crippen molar-refractivity contribution in [1.29, 1.82) is 0 Å². The van der Waals surface area contributed by atoms with Crippen molar-refractivity contribution >= 4 is 5.97 Å². The third kappa shape index (κ3) is 4.00. The molecular weight excluding hydrogens is 554 g/mol. The highest BCUT2D eigenvalue weighted by molar-refractivity contribution is 5.76. The maximum atomic E-state index is 13.1. The van der Waals surface area contributed by atoms with Gasteiger partial charge < -0.3 is 29.7 Å². The first-order chi connectivity index (χ1) is 20.6. The molecule has 7 aliphatic rings. The number of ether oxygens (including phenoxy) is 3. The summed E-state index contributed by atoms with van der Waals surface area (Å²) in [4.78, 5) is 13.1. The number of carbonyl (C=O) groups is 1. The number of fused-ring (bicyclic) bond motifs is 4. The van der Waals surface area contributed by atoms with Gasteiger partial charge in [-0.3, -0.25) is 4.79 Å². The summed E-state index contributed by atoms with van der Waals surface area (Å²) in [6, 6.07) is -0.135. The number of aliphatic hydroxyl groups is 2. The van der Waals surface area contributed by atoms with Gasteiger partial charge in [-0.15, -0.1) is 0 Å². The van der Waals surface area contributed by atoms with Crippen LogP contribution in [0.4, 0.5) is 0 Å². The number of carbonyl (C=O) groups excluding carboxylic acids is 1. The molecule has 5 aliphatic carbocycles. The van der Waals surface area contributed by atoms with E-state index in [1.165, 1.54) is 12.8 Å². The number of nitrogens with one attached hydrogen (secondary N) is 1. The van der Waals surface area contributed by atoms with Crippen molar-refractivity contribution in [2.75, 3.05) is 13.2 Å². The van der Waals surface area contributed by atoms with Crippen LogP contribution in [0.1, 0.15) is 120 Å². The van der Waals surface area contributed by atoms with E-state index in [0.717, 1.165) is 57.9 Å². The second-order valence-electron chi connectivity index (χ2n) is 18.2. The summed E-state index contributed by atoms with van der Waals surface area (Å²) in [5.74, 6) is 1.64. The van der Waals surface area contributed by atoms with Crippen LogP contribution in [0.2, 0.25) is 0 Å². The summed E-state index contributed by atoms with van der Waals surface area (Å²) in [5.41, 5.74) is -0.742. The zero-order valence-electron chi connectivity index (χ0n) is 28.8. The van der Waals surface area contributed by atoms with Crippen LogP contribution in [0, 0.1) is 50.7 Å². The first kappa shape index (κ1) is 31.8. The van der Waals surface area contributed by atoms with Gasteiger partial charge in [0.2, 0.25) is 0 Å². The molecule has 2 saturated heterocycles. The van der Waals surface area contributed by atoms with E-state index in [9.17, 15) is 15.0 Å². The molecule has 7 fully saturated rings. The van der Waals surface area contributed by atoms with E-state index in [1.807, 2.05) is 20.8 Å². The van der Waals surface area contributed by atoms with E-state index in [0.29, 0.717) is 35.7 Å². The molecule has 0 radical (unpaired) electrons. The van der Waals surface area contributed by atoms with Gasteiger partial charge in [-0.05, 0) is 131 Å². The molecule has 7 rings (SSSR count). The van der Waals surface area contributed by atoms with Crippen molar-refractivity contribution in [3.05, 3.63) is 0 Å². The normalized spacial score (nSPS) is 53.0. The molecule has 2 heterocycles. The van der Waals surface area contributed by atoms with Gasteiger partial charge in [0.05, 0.1) is 23.9 Å². The van der Waals surface area contributed by atoms with Crippen LogP contribution in [-0.4, -0.2) is 71.5 Å². The molecule has 2 spiro atoms. The van der Waals surface area contributed by atoms with Crippen LogP contribution in [0.15, 0.2) is 0 Å². The standard InChI is InChI=1S/C37H61NO6/c1-9-42-30(33(5,6)41)23-19-21(2)27-28(43-23)29(39)35(8)25-13-12-24-32(3,4)26(44-31(40)22-11-10-18-38-22)14-15-36(24)20-37(25,36)17-16-34(27,35)7/h21-30,38-39,41H,9-20H2,1-8H3/t21-,22+,23-,24+,25+,26+,27+,28+,29+,30+,34-,35-,36?,37+/m1/s1. The van der Waals surface area contributed by atoms with Crippen LogP contribution in [0.25, 0.3) is 0 Å². The Morgan fingerprint density at radius 3 is 2.41 bits per heavy atom. The predicted molar refractivity (Wildman–Crippen MR) is 169 cm³/mol. The molecule has 0 bridgehead atoms. The fourth-order valence-electron chi connectivity index (χ4n) is 13.8. The van der Waals surface area contributed by atoms with Crippen LogP contribution in [0.3, 0.4) is 0 Å². The number of rotatable bonds is 6. The predicted octanol–water partition coefficient (Wildman–Crippen LogP) is 5.64. The van der Waals surface area contributed by atoms with Gasteiger partial charge in [-0.1, -0.05) is 34.6 Å². The van der Waals surface area contributed by atoms with E-state index in [2.05, 4.69) is 39.9 Å². The van der Waals surface area contributed by atoms with Crippen LogP contribution < -0.4 is 5.32 Å². The second-order valence-corrected chi connectivity index (χ2v) is 18.2. The highest BCUT2D eigenvalue weighted by atomic mass is 16.6. The average molecular weight is 616 g/mol. The zero-order valence-corrected chi connectivity index (χ0v) is 28.8. The second kappa shape index (κ2) is 10.1. The molecule has 1 unspecified atom stereocenters. The first-order valence-electron chi connectivity index (χ1n) is 18.2. The van der Waals surface area contributed by atoms with Crippen molar-refractivity contribution in [1.82, 2.24) is 5.32 Å². The summed E-state index contributed by atoms with van der Waals surface area (Å²) in [5, 5.41) is 26.9. The summed E-state index contributed by atoms with van der Waals surface area (Å²) in [6.07, 6.45) is 9.35. The van der Waals surface area contributed by atoms with E-state index in [4.69, 9.17) is 14.2 Å². The average Bonchev–Trinajstić information content (AvgIpc) is 3.21. The molecule has 0 aromatic rings. The highest BCUT2D eigenvalue weighted by Crippen LogP contribution is 2.89. The van der Waals surface area contributed by atoms with Gasteiger partial charge in [0.25, 0.3) is 0 Å². The van der Waals surface area contributed by atoms with Crippen LogP contribution >= 0.6 is 0 Å². The molecule has 2 aliphatic heterocycles. The molecule has 44 heavy (non-hydrogen) atoms. The quantitative estimate of drug-likeness (QED) is 0.333. The lowest BCUT2D eigenvalue weighted by molar-refractivity contribution is -0.215. The Kier molecular flexibility index (Phi) is 7.34. The molecule has 0 amide bonds. The Hall–Kier alpha value is -0.730. The molecule has 0 aromatic carbocycles. The molecule has 3 N–H and O–H groups in total. The van der Waals surface area contributed by atoms with E-state index >= 15 is 0 Å². The smallest absolute Gasteiger partial charge is 0.323 e. The number of hydrogen-bond donors (Lipinski definition) is 3. The minimum absolute atomic E-state index is 0.000375. The third-order valence-corrected chi connectivity index (χ3v) is 15.7. The fourth-order valence-corrected chi connectivity index (χ4v) is 13.8. The van der Waals surface area contributed by atoms with Gasteiger partial charge in [-0.2, -0.15) is 0 Å². The zero-order chi connectivity index (χ0) is 31.7. The lowest BCUT2D eigenvalue weighted by Crippen LogP contribution is -2.60. The van der Waals surface area contributed by atoms with Crippen molar-refractivity contribution in [3.63, 3.8) is 0 Å².